The Kier molecular flexibility index (Phi) is 7.84. The summed E-state index contributed by atoms with van der Waals surface area (Å²) in [6.07, 6.45) is 3.77. The zero-order valence-electron chi connectivity index (χ0n) is 13.9. The summed E-state index contributed by atoms with van der Waals surface area (Å²) in [5, 5.41) is 11.7. The third kappa shape index (κ3) is 5.39. The monoisotopic (exact) mass is 345 g/mol. The van der Waals surface area contributed by atoms with E-state index in [1.54, 1.807) is 25.6 Å². The molecule has 0 saturated carbocycles. The topological polar surface area (TPSA) is 113 Å². The van der Waals surface area contributed by atoms with Crippen molar-refractivity contribution in [1.82, 2.24) is 10.2 Å². The van der Waals surface area contributed by atoms with Crippen molar-refractivity contribution < 1.29 is 19.5 Å². The number of likely N-dealkylation sites (tertiary alicyclic amines) is 1. The van der Waals surface area contributed by atoms with E-state index in [0.29, 0.717) is 19.4 Å². The summed E-state index contributed by atoms with van der Waals surface area (Å²) in [7, 11) is 0. The molecule has 0 aromatic heterocycles. The lowest BCUT2D eigenvalue weighted by molar-refractivity contribution is -0.145. The van der Waals surface area contributed by atoms with E-state index in [4.69, 9.17) is 5.73 Å². The summed E-state index contributed by atoms with van der Waals surface area (Å²) in [6, 6.07) is -2.19. The lowest BCUT2D eigenvalue weighted by atomic mass is 10.0. The number of carboxylic acids is 1. The van der Waals surface area contributed by atoms with Crippen molar-refractivity contribution in [3.63, 3.8) is 0 Å². The first-order valence-corrected chi connectivity index (χ1v) is 9.27. The van der Waals surface area contributed by atoms with Crippen molar-refractivity contribution in [2.24, 2.45) is 11.7 Å². The molecule has 0 unspecified atom stereocenters. The van der Waals surface area contributed by atoms with Crippen molar-refractivity contribution in [2.75, 3.05) is 18.6 Å². The van der Waals surface area contributed by atoms with E-state index < -0.39 is 30.0 Å². The number of aliphatic carboxylic acids is 1. The summed E-state index contributed by atoms with van der Waals surface area (Å²) in [5.74, 6) is -1.15. The number of hydrogen-bond donors (Lipinski definition) is 3. The van der Waals surface area contributed by atoms with Gasteiger partial charge in [-0.1, -0.05) is 13.8 Å². The van der Waals surface area contributed by atoms with Crippen LogP contribution in [0.4, 0.5) is 0 Å². The number of nitrogens with two attached hydrogens (primary N) is 1. The summed E-state index contributed by atoms with van der Waals surface area (Å²) < 4.78 is 0. The molecule has 0 aromatic carbocycles. The molecule has 0 aromatic rings. The van der Waals surface area contributed by atoms with Crippen molar-refractivity contribution in [3.8, 4) is 0 Å². The predicted octanol–water partition coefficient (Wildman–Crippen LogP) is 0.283. The lowest BCUT2D eigenvalue weighted by Crippen LogP contribution is -2.54. The van der Waals surface area contributed by atoms with Crippen LogP contribution in [-0.4, -0.2) is 64.5 Å². The maximum absolute atomic E-state index is 12.4. The Morgan fingerprint density at radius 1 is 1.39 bits per heavy atom. The van der Waals surface area contributed by atoms with Gasteiger partial charge in [-0.2, -0.15) is 11.8 Å². The van der Waals surface area contributed by atoms with E-state index in [-0.39, 0.29) is 11.8 Å². The molecule has 4 N–H and O–H groups in total. The molecule has 1 aliphatic rings. The zero-order chi connectivity index (χ0) is 17.6. The van der Waals surface area contributed by atoms with E-state index in [1.165, 1.54) is 4.90 Å². The van der Waals surface area contributed by atoms with Crippen LogP contribution in [0.1, 0.15) is 33.1 Å². The van der Waals surface area contributed by atoms with Crippen molar-refractivity contribution in [1.29, 1.82) is 0 Å². The largest absolute Gasteiger partial charge is 0.480 e. The van der Waals surface area contributed by atoms with Crippen molar-refractivity contribution >= 4 is 29.5 Å². The van der Waals surface area contributed by atoms with Crippen LogP contribution in [0, 0.1) is 5.92 Å². The molecule has 2 amide bonds. The average molecular weight is 345 g/mol. The molecule has 1 heterocycles. The van der Waals surface area contributed by atoms with E-state index in [9.17, 15) is 19.5 Å². The van der Waals surface area contributed by atoms with Gasteiger partial charge >= 0.3 is 5.97 Å². The summed E-state index contributed by atoms with van der Waals surface area (Å²) in [6.45, 7) is 3.95. The number of carbonyl (C=O) groups is 3. The number of rotatable bonds is 8. The predicted molar refractivity (Wildman–Crippen MR) is 90.1 cm³/mol. The van der Waals surface area contributed by atoms with E-state index in [0.717, 1.165) is 12.2 Å². The minimum Gasteiger partial charge on any atom is -0.480 e. The number of amides is 2. The quantitative estimate of drug-likeness (QED) is 0.582. The Morgan fingerprint density at radius 2 is 2.04 bits per heavy atom. The maximum atomic E-state index is 12.4. The van der Waals surface area contributed by atoms with Crippen LogP contribution in [-0.2, 0) is 14.4 Å². The van der Waals surface area contributed by atoms with Gasteiger partial charge in [-0.3, -0.25) is 9.59 Å². The number of nitrogens with zero attached hydrogens (tertiary/aromatic N) is 1. The van der Waals surface area contributed by atoms with Crippen LogP contribution < -0.4 is 11.1 Å². The first kappa shape index (κ1) is 19.8. The Bertz CT molecular complexity index is 444. The molecule has 3 atom stereocenters. The number of nitrogens with one attached hydrogen (secondary N) is 1. The fourth-order valence-corrected chi connectivity index (χ4v) is 3.14. The van der Waals surface area contributed by atoms with Crippen LogP contribution >= 0.6 is 11.8 Å². The molecule has 0 aliphatic carbocycles. The Labute approximate surface area is 141 Å². The van der Waals surface area contributed by atoms with Gasteiger partial charge in [-0.05, 0) is 37.2 Å². The molecule has 1 fully saturated rings. The Morgan fingerprint density at radius 3 is 2.57 bits per heavy atom. The molecular weight excluding hydrogens is 318 g/mol. The first-order valence-electron chi connectivity index (χ1n) is 7.87. The second kappa shape index (κ2) is 9.12. The summed E-state index contributed by atoms with van der Waals surface area (Å²) >= 11 is 1.62. The van der Waals surface area contributed by atoms with Crippen LogP contribution in [0.25, 0.3) is 0 Å². The van der Waals surface area contributed by atoms with Crippen molar-refractivity contribution in [2.45, 2.75) is 51.2 Å². The molecule has 0 bridgehead atoms. The van der Waals surface area contributed by atoms with Crippen molar-refractivity contribution in [3.05, 3.63) is 0 Å². The molecule has 23 heavy (non-hydrogen) atoms. The van der Waals surface area contributed by atoms with Gasteiger partial charge in [0.05, 0.1) is 6.04 Å². The number of hydrogen-bond acceptors (Lipinski definition) is 5. The second-order valence-electron chi connectivity index (χ2n) is 6.15. The minimum absolute atomic E-state index is 0.229. The van der Waals surface area contributed by atoms with Gasteiger partial charge in [-0.25, -0.2) is 4.79 Å². The van der Waals surface area contributed by atoms with Gasteiger partial charge in [0.15, 0.2) is 0 Å². The third-order valence-electron chi connectivity index (χ3n) is 4.02. The molecule has 7 nitrogen and oxygen atoms in total. The molecule has 1 saturated heterocycles. The standard InChI is InChI=1S/C15H27N3O4S/c1-9(2)12(15(21)22)17-13(19)11-5-4-7-18(11)14(20)10(16)6-8-23-3/h9-12H,4-8,16H2,1-3H3,(H,17,19)(H,21,22)/t10-,11-,12-/m0/s1. The summed E-state index contributed by atoms with van der Waals surface area (Å²) in [4.78, 5) is 37.5. The highest BCUT2D eigenvalue weighted by atomic mass is 32.2. The maximum Gasteiger partial charge on any atom is 0.326 e. The van der Waals surface area contributed by atoms with Gasteiger partial charge < -0.3 is 21.1 Å². The van der Waals surface area contributed by atoms with Gasteiger partial charge in [0.1, 0.15) is 12.1 Å². The lowest BCUT2D eigenvalue weighted by Gasteiger charge is -2.28. The number of carboxylic acid groups (broad SMARTS) is 1. The molecule has 1 aliphatic heterocycles. The van der Waals surface area contributed by atoms with Gasteiger partial charge in [0, 0.05) is 6.54 Å². The van der Waals surface area contributed by atoms with Crippen LogP contribution in [0.2, 0.25) is 0 Å². The van der Waals surface area contributed by atoms with E-state index in [2.05, 4.69) is 5.32 Å². The zero-order valence-corrected chi connectivity index (χ0v) is 14.8. The molecular formula is C15H27N3O4S. The summed E-state index contributed by atoms with van der Waals surface area (Å²) in [5.41, 5.74) is 5.91. The molecule has 132 valence electrons. The molecule has 0 spiro atoms. The minimum atomic E-state index is -1.07. The average Bonchev–Trinajstić information content (AvgIpc) is 2.97. The highest BCUT2D eigenvalue weighted by Gasteiger charge is 2.37. The first-order chi connectivity index (χ1) is 10.8. The van der Waals surface area contributed by atoms with Gasteiger partial charge in [-0.15, -0.1) is 0 Å². The molecule has 8 heteroatoms. The molecule has 1 rings (SSSR count). The van der Waals surface area contributed by atoms with Gasteiger partial charge in [0.25, 0.3) is 0 Å². The van der Waals surface area contributed by atoms with Gasteiger partial charge in [0.2, 0.25) is 11.8 Å². The smallest absolute Gasteiger partial charge is 0.326 e. The number of carbonyl (C=O) groups excluding carboxylic acids is 2. The van der Waals surface area contributed by atoms with Crippen LogP contribution in [0.15, 0.2) is 0 Å². The van der Waals surface area contributed by atoms with E-state index in [1.807, 2.05) is 6.26 Å². The fourth-order valence-electron chi connectivity index (χ4n) is 2.65. The fraction of sp³-hybridized carbons (Fsp3) is 0.800. The van der Waals surface area contributed by atoms with E-state index >= 15 is 0 Å². The SMILES string of the molecule is CSCC[C@H](N)C(=O)N1CCC[C@H]1C(=O)N[C@H](C(=O)O)C(C)C. The third-order valence-corrected chi connectivity index (χ3v) is 4.66. The van der Waals surface area contributed by atoms with Crippen LogP contribution in [0.5, 0.6) is 0 Å². The second-order valence-corrected chi connectivity index (χ2v) is 7.13. The number of thioether (sulfide) groups is 1. The van der Waals surface area contributed by atoms with Crippen LogP contribution in [0.3, 0.4) is 0 Å². The highest BCUT2D eigenvalue weighted by Crippen LogP contribution is 2.19. The molecule has 0 radical (unpaired) electrons. The Hall–Kier alpha value is -1.28. The normalized spacial score (nSPS) is 20.4. The highest BCUT2D eigenvalue weighted by molar-refractivity contribution is 7.98. The Balaban J connectivity index is 2.72.